The minimum absolute atomic E-state index is 0.0764. The zero-order valence-corrected chi connectivity index (χ0v) is 20.0. The molecule has 182 valence electrons. The molecule has 0 bridgehead atoms. The summed E-state index contributed by atoms with van der Waals surface area (Å²) in [4.78, 5) is 38.3. The van der Waals surface area contributed by atoms with Crippen LogP contribution in [0, 0.1) is 5.92 Å². The zero-order valence-electron chi connectivity index (χ0n) is 20.0. The second-order valence-corrected chi connectivity index (χ2v) is 9.68. The molecule has 1 amide bonds. The molecule has 0 aromatic heterocycles. The van der Waals surface area contributed by atoms with E-state index in [4.69, 9.17) is 14.2 Å². The molecule has 3 rings (SSSR count). The first-order valence-corrected chi connectivity index (χ1v) is 11.1. The van der Waals surface area contributed by atoms with Gasteiger partial charge in [-0.15, -0.1) is 0 Å². The van der Waals surface area contributed by atoms with Crippen LogP contribution in [0.2, 0.25) is 0 Å². The van der Waals surface area contributed by atoms with Crippen LogP contribution < -0.4 is 5.32 Å². The van der Waals surface area contributed by atoms with Gasteiger partial charge in [0.2, 0.25) is 5.79 Å². The number of esters is 1. The Morgan fingerprint density at radius 1 is 1.06 bits per heavy atom. The number of Topliss-reactive ketones (excluding diaryl/α,β-unsaturated/α-hetero) is 1. The number of hydrogen-bond donors (Lipinski definition) is 2. The summed E-state index contributed by atoms with van der Waals surface area (Å²) in [6.07, 6.45) is -2.44. The number of rotatable bonds is 6. The predicted molar refractivity (Wildman–Crippen MR) is 124 cm³/mol. The molecule has 0 aliphatic carbocycles. The minimum atomic E-state index is -1.70. The molecular formula is C26H31NO7. The topological polar surface area (TPSA) is 111 Å². The monoisotopic (exact) mass is 469 g/mol. The van der Waals surface area contributed by atoms with Gasteiger partial charge in [0.1, 0.15) is 5.60 Å². The summed E-state index contributed by atoms with van der Waals surface area (Å²) in [7, 11) is 0. The van der Waals surface area contributed by atoms with Crippen LogP contribution in [0.15, 0.2) is 54.6 Å². The second kappa shape index (κ2) is 9.95. The largest absolute Gasteiger partial charge is 0.444 e. The Labute approximate surface area is 199 Å². The summed E-state index contributed by atoms with van der Waals surface area (Å²) >= 11 is 0. The second-order valence-electron chi connectivity index (χ2n) is 9.68. The quantitative estimate of drug-likeness (QED) is 0.491. The number of aliphatic hydroxyl groups is 1. The predicted octanol–water partition coefficient (Wildman–Crippen LogP) is 3.60. The Bertz CT molecular complexity index is 1030. The highest BCUT2D eigenvalue weighted by molar-refractivity contribution is 6.03. The SMILES string of the molecule is CC(C)(C)OC(=O)N[C@H](Cc1ccc(-c2ccccc2)cc1)C(=O)C1C(=O)OC(C)(C)OC1O. The van der Waals surface area contributed by atoms with Crippen molar-refractivity contribution in [1.29, 1.82) is 0 Å². The standard InChI is InChI=1S/C26H31NO7/c1-25(2,3)34-24(31)27-19(21(28)20-22(29)32-26(4,5)33-23(20)30)15-16-11-13-18(14-12-16)17-9-7-6-8-10-17/h6-14,19-20,22,29H,15H2,1-5H3,(H,27,31)/t19-,20?,22?/m1/s1. The van der Waals surface area contributed by atoms with Crippen molar-refractivity contribution >= 4 is 17.8 Å². The van der Waals surface area contributed by atoms with Crippen molar-refractivity contribution in [3.05, 3.63) is 60.2 Å². The molecule has 1 aliphatic rings. The van der Waals surface area contributed by atoms with Crippen LogP contribution in [0.1, 0.15) is 40.2 Å². The molecule has 2 aromatic rings. The summed E-state index contributed by atoms with van der Waals surface area (Å²) < 4.78 is 15.7. The molecule has 3 atom stereocenters. The molecule has 2 N–H and O–H groups in total. The molecule has 1 aliphatic heterocycles. The average Bonchev–Trinajstić information content (AvgIpc) is 2.71. The lowest BCUT2D eigenvalue weighted by Gasteiger charge is -2.37. The van der Waals surface area contributed by atoms with Crippen molar-refractivity contribution in [2.45, 2.75) is 64.8 Å². The summed E-state index contributed by atoms with van der Waals surface area (Å²) in [5, 5.41) is 12.9. The van der Waals surface area contributed by atoms with Gasteiger partial charge in [-0.1, -0.05) is 54.6 Å². The summed E-state index contributed by atoms with van der Waals surface area (Å²) in [6.45, 7) is 8.01. The van der Waals surface area contributed by atoms with E-state index in [-0.39, 0.29) is 6.42 Å². The summed E-state index contributed by atoms with van der Waals surface area (Å²) in [5.74, 6) is -4.61. The van der Waals surface area contributed by atoms with Crippen LogP contribution >= 0.6 is 0 Å². The van der Waals surface area contributed by atoms with E-state index in [2.05, 4.69) is 5.32 Å². The van der Waals surface area contributed by atoms with Gasteiger partial charge in [-0.2, -0.15) is 0 Å². The number of cyclic esters (lactones) is 1. The summed E-state index contributed by atoms with van der Waals surface area (Å²) in [6, 6.07) is 16.2. The fourth-order valence-electron chi connectivity index (χ4n) is 3.65. The van der Waals surface area contributed by atoms with E-state index in [1.807, 2.05) is 54.6 Å². The lowest BCUT2D eigenvalue weighted by Crippen LogP contribution is -2.56. The molecule has 1 heterocycles. The highest BCUT2D eigenvalue weighted by Gasteiger charge is 2.48. The van der Waals surface area contributed by atoms with E-state index in [0.29, 0.717) is 0 Å². The first-order valence-electron chi connectivity index (χ1n) is 11.1. The number of nitrogens with one attached hydrogen (secondary N) is 1. The smallest absolute Gasteiger partial charge is 0.408 e. The van der Waals surface area contributed by atoms with E-state index >= 15 is 0 Å². The molecule has 0 radical (unpaired) electrons. The molecule has 2 unspecified atom stereocenters. The van der Waals surface area contributed by atoms with Crippen molar-refractivity contribution in [3.63, 3.8) is 0 Å². The third kappa shape index (κ3) is 6.65. The van der Waals surface area contributed by atoms with E-state index in [9.17, 15) is 19.5 Å². The van der Waals surface area contributed by atoms with Gasteiger partial charge in [-0.25, -0.2) is 4.79 Å². The van der Waals surface area contributed by atoms with Gasteiger partial charge in [0.05, 0.1) is 6.04 Å². The highest BCUT2D eigenvalue weighted by Crippen LogP contribution is 2.28. The molecule has 1 fully saturated rings. The van der Waals surface area contributed by atoms with Crippen LogP contribution in [-0.4, -0.2) is 46.7 Å². The fourth-order valence-corrected chi connectivity index (χ4v) is 3.65. The third-order valence-electron chi connectivity index (χ3n) is 5.13. The lowest BCUT2D eigenvalue weighted by atomic mass is 9.91. The number of ketones is 1. The van der Waals surface area contributed by atoms with E-state index in [0.717, 1.165) is 16.7 Å². The highest BCUT2D eigenvalue weighted by atomic mass is 16.8. The normalized spacial score (nSPS) is 20.7. The van der Waals surface area contributed by atoms with Gasteiger partial charge in [0.25, 0.3) is 0 Å². The number of carbonyl (C=O) groups is 3. The Morgan fingerprint density at radius 3 is 2.21 bits per heavy atom. The number of carbonyl (C=O) groups excluding carboxylic acids is 3. The van der Waals surface area contributed by atoms with E-state index in [1.54, 1.807) is 20.8 Å². The van der Waals surface area contributed by atoms with Gasteiger partial charge in [0.15, 0.2) is 18.0 Å². The van der Waals surface area contributed by atoms with Crippen LogP contribution in [0.4, 0.5) is 4.79 Å². The van der Waals surface area contributed by atoms with Crippen molar-refractivity contribution in [2.75, 3.05) is 0 Å². The Kier molecular flexibility index (Phi) is 7.43. The van der Waals surface area contributed by atoms with Crippen molar-refractivity contribution < 1.29 is 33.7 Å². The molecule has 1 saturated heterocycles. The number of benzene rings is 2. The number of alkyl carbamates (subject to hydrolysis) is 1. The minimum Gasteiger partial charge on any atom is -0.444 e. The third-order valence-corrected chi connectivity index (χ3v) is 5.13. The Hall–Kier alpha value is -3.23. The Balaban J connectivity index is 1.82. The first kappa shape index (κ1) is 25.4. The Morgan fingerprint density at radius 2 is 1.65 bits per heavy atom. The van der Waals surface area contributed by atoms with Gasteiger partial charge in [0, 0.05) is 13.8 Å². The maximum atomic E-state index is 13.3. The number of hydrogen-bond acceptors (Lipinski definition) is 7. The first-order chi connectivity index (χ1) is 15.8. The molecule has 8 heteroatoms. The van der Waals surface area contributed by atoms with Gasteiger partial charge < -0.3 is 24.6 Å². The van der Waals surface area contributed by atoms with E-state index in [1.165, 1.54) is 13.8 Å². The van der Waals surface area contributed by atoms with E-state index < -0.39 is 47.5 Å². The molecular weight excluding hydrogens is 438 g/mol. The van der Waals surface area contributed by atoms with Crippen LogP contribution in [0.25, 0.3) is 11.1 Å². The van der Waals surface area contributed by atoms with Gasteiger partial charge >= 0.3 is 12.1 Å². The molecule has 0 spiro atoms. The van der Waals surface area contributed by atoms with Crippen molar-refractivity contribution in [1.82, 2.24) is 5.32 Å². The fraction of sp³-hybridized carbons (Fsp3) is 0.423. The molecule has 34 heavy (non-hydrogen) atoms. The number of amides is 1. The van der Waals surface area contributed by atoms with Gasteiger partial charge in [-0.3, -0.25) is 9.59 Å². The molecule has 0 saturated carbocycles. The molecule has 2 aromatic carbocycles. The van der Waals surface area contributed by atoms with Gasteiger partial charge in [-0.05, 0) is 43.9 Å². The van der Waals surface area contributed by atoms with Crippen molar-refractivity contribution in [3.8, 4) is 11.1 Å². The van der Waals surface area contributed by atoms with Crippen molar-refractivity contribution in [2.24, 2.45) is 5.92 Å². The lowest BCUT2D eigenvalue weighted by molar-refractivity contribution is -0.310. The average molecular weight is 470 g/mol. The van der Waals surface area contributed by atoms with Crippen LogP contribution in [0.5, 0.6) is 0 Å². The van der Waals surface area contributed by atoms with Crippen LogP contribution in [-0.2, 0) is 30.2 Å². The van der Waals surface area contributed by atoms with Crippen LogP contribution in [0.3, 0.4) is 0 Å². The summed E-state index contributed by atoms with van der Waals surface area (Å²) in [5.41, 5.74) is 2.00. The number of aliphatic hydroxyl groups excluding tert-OH is 1. The maximum Gasteiger partial charge on any atom is 0.408 e. The maximum absolute atomic E-state index is 13.3. The number of ether oxygens (including phenoxy) is 3. The molecule has 8 nitrogen and oxygen atoms in total. The zero-order chi connectivity index (χ0) is 25.1.